The summed E-state index contributed by atoms with van der Waals surface area (Å²) in [5, 5.41) is 0. The smallest absolute Gasteiger partial charge is 0.302 e. The number of hydrogen-bond acceptors (Lipinski definition) is 4. The lowest BCUT2D eigenvalue weighted by atomic mass is 10.2. The molecule has 0 rings (SSSR count). The van der Waals surface area contributed by atoms with Crippen LogP contribution in [0.5, 0.6) is 0 Å². The van der Waals surface area contributed by atoms with Crippen molar-refractivity contribution < 1.29 is 19.0 Å². The molecule has 0 aromatic heterocycles. The van der Waals surface area contributed by atoms with E-state index in [1.807, 2.05) is 37.3 Å². The first-order valence-electron chi connectivity index (χ1n) is 8.19. The van der Waals surface area contributed by atoms with E-state index in [1.54, 1.807) is 0 Å². The van der Waals surface area contributed by atoms with E-state index >= 15 is 0 Å². The maximum atomic E-state index is 10.6. The van der Waals surface area contributed by atoms with Crippen LogP contribution in [0.4, 0.5) is 0 Å². The van der Waals surface area contributed by atoms with Crippen molar-refractivity contribution in [2.75, 3.05) is 19.8 Å². The Kier molecular flexibility index (Phi) is 13.7. The van der Waals surface area contributed by atoms with Gasteiger partial charge in [-0.2, -0.15) is 0 Å². The lowest BCUT2D eigenvalue weighted by Crippen LogP contribution is -2.01. The third-order valence-corrected chi connectivity index (χ3v) is 2.73. The van der Waals surface area contributed by atoms with Crippen LogP contribution in [0.15, 0.2) is 48.5 Å². The maximum absolute atomic E-state index is 10.6. The van der Waals surface area contributed by atoms with Gasteiger partial charge in [-0.25, -0.2) is 0 Å². The minimum atomic E-state index is -0.229. The van der Waals surface area contributed by atoms with E-state index in [2.05, 4.69) is 13.5 Å². The number of rotatable bonds is 13. The van der Waals surface area contributed by atoms with Gasteiger partial charge in [-0.15, -0.1) is 0 Å². The Morgan fingerprint density at radius 1 is 1.00 bits per heavy atom. The van der Waals surface area contributed by atoms with Crippen LogP contribution in [0, 0.1) is 0 Å². The minimum absolute atomic E-state index is 0.229. The molecule has 0 N–H and O–H groups in total. The van der Waals surface area contributed by atoms with Crippen molar-refractivity contribution in [2.24, 2.45) is 0 Å². The molecule has 130 valence electrons. The summed E-state index contributed by atoms with van der Waals surface area (Å²) in [7, 11) is 0. The molecule has 4 heteroatoms. The topological polar surface area (TPSA) is 44.8 Å². The van der Waals surface area contributed by atoms with Crippen molar-refractivity contribution in [3.63, 3.8) is 0 Å². The maximum Gasteiger partial charge on any atom is 0.302 e. The van der Waals surface area contributed by atoms with Crippen LogP contribution in [-0.2, 0) is 19.0 Å². The van der Waals surface area contributed by atoms with Gasteiger partial charge < -0.3 is 14.2 Å². The number of esters is 1. The van der Waals surface area contributed by atoms with Gasteiger partial charge in [0.15, 0.2) is 0 Å². The summed E-state index contributed by atoms with van der Waals surface area (Å²) in [6, 6.07) is 0. The third-order valence-electron chi connectivity index (χ3n) is 2.73. The molecular formula is C19H30O4. The molecule has 23 heavy (non-hydrogen) atoms. The van der Waals surface area contributed by atoms with Crippen molar-refractivity contribution in [3.05, 3.63) is 48.5 Å². The summed E-state index contributed by atoms with van der Waals surface area (Å²) >= 11 is 0. The van der Waals surface area contributed by atoms with Gasteiger partial charge >= 0.3 is 5.97 Å². The second kappa shape index (κ2) is 14.9. The van der Waals surface area contributed by atoms with Crippen LogP contribution in [0.3, 0.4) is 0 Å². The molecule has 0 saturated heterocycles. The van der Waals surface area contributed by atoms with E-state index in [1.165, 1.54) is 6.92 Å². The molecule has 0 aromatic rings. The number of unbranched alkanes of at least 4 members (excludes halogenated alkanes) is 2. The van der Waals surface area contributed by atoms with Crippen molar-refractivity contribution >= 4 is 5.97 Å². The van der Waals surface area contributed by atoms with Crippen molar-refractivity contribution in [1.82, 2.24) is 0 Å². The summed E-state index contributed by atoms with van der Waals surface area (Å²) in [5.74, 6) is 1.22. The normalized spacial score (nSPS) is 11.9. The van der Waals surface area contributed by atoms with Crippen molar-refractivity contribution in [3.8, 4) is 0 Å². The first kappa shape index (κ1) is 21.0. The highest BCUT2D eigenvalue weighted by atomic mass is 16.5. The van der Waals surface area contributed by atoms with Crippen LogP contribution < -0.4 is 0 Å². The van der Waals surface area contributed by atoms with Gasteiger partial charge in [0.25, 0.3) is 0 Å². The van der Waals surface area contributed by atoms with E-state index in [-0.39, 0.29) is 5.97 Å². The van der Waals surface area contributed by atoms with Gasteiger partial charge in [0.1, 0.15) is 11.5 Å². The van der Waals surface area contributed by atoms with E-state index in [4.69, 9.17) is 14.2 Å². The van der Waals surface area contributed by atoms with Crippen LogP contribution in [0.1, 0.15) is 46.5 Å². The predicted octanol–water partition coefficient (Wildman–Crippen LogP) is 4.69. The zero-order valence-corrected chi connectivity index (χ0v) is 14.7. The molecule has 0 radical (unpaired) electrons. The SMILES string of the molecule is C=C(/C=C/C=C(\C=C/C)OCCC)OCCCCCOC(C)=O. The molecule has 0 aliphatic rings. The van der Waals surface area contributed by atoms with E-state index in [9.17, 15) is 4.79 Å². The van der Waals surface area contributed by atoms with Gasteiger partial charge in [0, 0.05) is 6.92 Å². The second-order valence-corrected chi connectivity index (χ2v) is 4.99. The number of carbonyl (C=O) groups is 1. The molecule has 0 unspecified atom stereocenters. The van der Waals surface area contributed by atoms with Gasteiger partial charge in [-0.3, -0.25) is 4.79 Å². The Morgan fingerprint density at radius 3 is 2.30 bits per heavy atom. The van der Waals surface area contributed by atoms with Crippen LogP contribution in [0.2, 0.25) is 0 Å². The lowest BCUT2D eigenvalue weighted by molar-refractivity contribution is -0.141. The summed E-state index contributed by atoms with van der Waals surface area (Å²) in [4.78, 5) is 10.6. The minimum Gasteiger partial charge on any atom is -0.494 e. The van der Waals surface area contributed by atoms with E-state index < -0.39 is 0 Å². The quantitative estimate of drug-likeness (QED) is 0.213. The molecule has 0 bridgehead atoms. The Morgan fingerprint density at radius 2 is 1.70 bits per heavy atom. The molecule has 0 atom stereocenters. The average Bonchev–Trinajstić information content (AvgIpc) is 2.51. The summed E-state index contributed by atoms with van der Waals surface area (Å²) < 4.78 is 16.0. The number of allylic oxidation sites excluding steroid dienone is 5. The summed E-state index contributed by atoms with van der Waals surface area (Å²) in [6.07, 6.45) is 13.1. The summed E-state index contributed by atoms with van der Waals surface area (Å²) in [5.41, 5.74) is 0. The summed E-state index contributed by atoms with van der Waals surface area (Å²) in [6.45, 7) is 11.1. The number of ether oxygens (including phenoxy) is 3. The van der Waals surface area contributed by atoms with Crippen molar-refractivity contribution in [1.29, 1.82) is 0 Å². The first-order chi connectivity index (χ1) is 11.1. The monoisotopic (exact) mass is 322 g/mol. The van der Waals surface area contributed by atoms with Crippen LogP contribution >= 0.6 is 0 Å². The number of hydrogen-bond donors (Lipinski definition) is 0. The fraction of sp³-hybridized carbons (Fsp3) is 0.526. The van der Waals surface area contributed by atoms with Gasteiger partial charge in [0.05, 0.1) is 19.8 Å². The Labute approximate surface area is 140 Å². The van der Waals surface area contributed by atoms with Gasteiger partial charge in [-0.1, -0.05) is 25.7 Å². The highest BCUT2D eigenvalue weighted by Crippen LogP contribution is 2.05. The molecule has 0 saturated carbocycles. The standard InChI is InChI=1S/C19H30O4/c1-5-11-19(23-14-6-2)13-10-12-17(3)21-15-8-7-9-16-22-18(4)20/h5,10-13H,3,6-9,14-16H2,1-2,4H3/b11-5-,12-10+,19-13+. The highest BCUT2D eigenvalue weighted by Gasteiger charge is 1.95. The van der Waals surface area contributed by atoms with E-state index in [0.29, 0.717) is 25.6 Å². The molecule has 0 aliphatic heterocycles. The van der Waals surface area contributed by atoms with Crippen molar-refractivity contribution in [2.45, 2.75) is 46.5 Å². The zero-order chi connectivity index (χ0) is 17.3. The fourth-order valence-electron chi connectivity index (χ4n) is 1.63. The fourth-order valence-corrected chi connectivity index (χ4v) is 1.63. The molecule has 4 nitrogen and oxygen atoms in total. The number of carbonyl (C=O) groups excluding carboxylic acids is 1. The predicted molar refractivity (Wildman–Crippen MR) is 93.9 cm³/mol. The van der Waals surface area contributed by atoms with Crippen LogP contribution in [-0.4, -0.2) is 25.8 Å². The Bertz CT molecular complexity index is 419. The van der Waals surface area contributed by atoms with Gasteiger partial charge in [-0.05, 0) is 50.8 Å². The van der Waals surface area contributed by atoms with E-state index in [0.717, 1.165) is 31.4 Å². The van der Waals surface area contributed by atoms with Crippen LogP contribution in [0.25, 0.3) is 0 Å². The largest absolute Gasteiger partial charge is 0.494 e. The molecule has 0 heterocycles. The molecule has 0 amide bonds. The molecular weight excluding hydrogens is 292 g/mol. The lowest BCUT2D eigenvalue weighted by Gasteiger charge is -2.06. The third kappa shape index (κ3) is 14.7. The molecule has 0 fully saturated rings. The molecule has 0 aliphatic carbocycles. The molecule has 0 spiro atoms. The molecule has 0 aromatic carbocycles. The van der Waals surface area contributed by atoms with Gasteiger partial charge in [0.2, 0.25) is 0 Å². The average molecular weight is 322 g/mol. The highest BCUT2D eigenvalue weighted by molar-refractivity contribution is 5.65. The zero-order valence-electron chi connectivity index (χ0n) is 14.7. The Hall–Kier alpha value is -1.97. The first-order valence-corrected chi connectivity index (χ1v) is 8.19. The second-order valence-electron chi connectivity index (χ2n) is 4.99. The Balaban J connectivity index is 3.88.